The van der Waals surface area contributed by atoms with Gasteiger partial charge >= 0.3 is 0 Å². The highest BCUT2D eigenvalue weighted by molar-refractivity contribution is 6.32. The van der Waals surface area contributed by atoms with E-state index in [-0.39, 0.29) is 17.3 Å². The Balaban J connectivity index is 1.55. The number of anilines is 1. The number of nitrogens with zero attached hydrogens (tertiary/aromatic N) is 1. The second-order valence-corrected chi connectivity index (χ2v) is 10.6. The molecule has 2 aliphatic heterocycles. The Bertz CT molecular complexity index is 1740. The van der Waals surface area contributed by atoms with Crippen LogP contribution in [0.5, 0.6) is 11.5 Å². The van der Waals surface area contributed by atoms with E-state index in [1.54, 1.807) is 62.8 Å². The number of methoxy groups -OCH3 is 2. The maximum absolute atomic E-state index is 14.8. The van der Waals surface area contributed by atoms with Gasteiger partial charge in [-0.1, -0.05) is 78.9 Å². The molecular formula is C35H27NO5. The first-order valence-corrected chi connectivity index (χ1v) is 13.6. The van der Waals surface area contributed by atoms with Crippen molar-refractivity contribution in [3.8, 4) is 11.5 Å². The lowest BCUT2D eigenvalue weighted by Crippen LogP contribution is -2.48. The Labute approximate surface area is 237 Å². The lowest BCUT2D eigenvalue weighted by atomic mass is 9.64. The van der Waals surface area contributed by atoms with Crippen LogP contribution in [-0.4, -0.2) is 43.7 Å². The van der Waals surface area contributed by atoms with Gasteiger partial charge in [-0.25, -0.2) is 0 Å². The number of fused-ring (bicyclic) bond motifs is 5. The molecule has 3 atom stereocenters. The maximum Gasteiger partial charge on any atom is 0.186 e. The van der Waals surface area contributed by atoms with E-state index in [0.717, 1.165) is 11.3 Å². The van der Waals surface area contributed by atoms with Crippen molar-refractivity contribution in [3.63, 3.8) is 0 Å². The topological polar surface area (TPSA) is 72.9 Å². The SMILES string of the molecule is COc1cccc(C(=O)[C@H]2[C@@H](c3cccc(OC)c3)C3(C(=O)c4ccccc4C3=O)[C@H]3C=Cc4ccccc4N23)c1. The minimum absolute atomic E-state index is 0.194. The molecule has 7 rings (SSSR count). The summed E-state index contributed by atoms with van der Waals surface area (Å²) in [6.45, 7) is 0. The van der Waals surface area contributed by atoms with Crippen LogP contribution in [0, 0.1) is 5.41 Å². The molecule has 0 amide bonds. The van der Waals surface area contributed by atoms with Crippen molar-refractivity contribution in [2.75, 3.05) is 19.1 Å². The molecule has 1 fully saturated rings. The van der Waals surface area contributed by atoms with Gasteiger partial charge in [-0.05, 0) is 41.5 Å². The van der Waals surface area contributed by atoms with E-state index in [0.29, 0.717) is 33.8 Å². The quantitative estimate of drug-likeness (QED) is 0.227. The van der Waals surface area contributed by atoms with Gasteiger partial charge in [-0.2, -0.15) is 0 Å². The minimum Gasteiger partial charge on any atom is -0.497 e. The number of carbonyl (C=O) groups excluding carboxylic acids is 3. The van der Waals surface area contributed by atoms with E-state index < -0.39 is 23.4 Å². The lowest BCUT2D eigenvalue weighted by Gasteiger charge is -2.37. The number of Topliss-reactive ketones (excluding diaryl/α,β-unsaturated/α-hetero) is 3. The first-order valence-electron chi connectivity index (χ1n) is 13.6. The Morgan fingerprint density at radius 3 is 2.10 bits per heavy atom. The number of carbonyl (C=O) groups is 3. The summed E-state index contributed by atoms with van der Waals surface area (Å²) in [5.41, 5.74) is 2.10. The molecule has 202 valence electrons. The number of rotatable bonds is 5. The van der Waals surface area contributed by atoms with E-state index in [4.69, 9.17) is 9.47 Å². The van der Waals surface area contributed by atoms with E-state index in [1.165, 1.54) is 0 Å². The standard InChI is InChI=1S/C35H27NO5/c1-40-24-12-7-10-22(19-24)30-31(32(37)23-11-8-13-25(20-23)41-2)36-28-16-6-3-9-21(28)17-18-29(36)35(30)33(38)26-14-4-5-15-27(26)34(35)39/h3-20,29-31H,1-2H3/t29-,30-,31-/m1/s1. The van der Waals surface area contributed by atoms with Crippen molar-refractivity contribution >= 4 is 29.1 Å². The number of hydrogen-bond donors (Lipinski definition) is 0. The summed E-state index contributed by atoms with van der Waals surface area (Å²) >= 11 is 0. The highest BCUT2D eigenvalue weighted by Gasteiger charge is 2.71. The van der Waals surface area contributed by atoms with E-state index in [9.17, 15) is 14.4 Å². The average Bonchev–Trinajstić information content (AvgIpc) is 3.47. The second-order valence-electron chi connectivity index (χ2n) is 10.6. The molecule has 41 heavy (non-hydrogen) atoms. The highest BCUT2D eigenvalue weighted by atomic mass is 16.5. The summed E-state index contributed by atoms with van der Waals surface area (Å²) in [7, 11) is 3.13. The van der Waals surface area contributed by atoms with Gasteiger partial charge in [0.1, 0.15) is 23.0 Å². The lowest BCUT2D eigenvalue weighted by molar-refractivity contribution is 0.0665. The van der Waals surface area contributed by atoms with Crippen molar-refractivity contribution in [1.29, 1.82) is 0 Å². The summed E-state index contributed by atoms with van der Waals surface area (Å²) in [6.07, 6.45) is 3.89. The molecule has 3 aliphatic rings. The first-order chi connectivity index (χ1) is 20.0. The van der Waals surface area contributed by atoms with Crippen molar-refractivity contribution < 1.29 is 23.9 Å². The van der Waals surface area contributed by atoms with Gasteiger partial charge in [-0.15, -0.1) is 0 Å². The molecule has 6 nitrogen and oxygen atoms in total. The monoisotopic (exact) mass is 541 g/mol. The predicted molar refractivity (Wildman–Crippen MR) is 156 cm³/mol. The van der Waals surface area contributed by atoms with Crippen LogP contribution in [0.15, 0.2) is 103 Å². The van der Waals surface area contributed by atoms with E-state index >= 15 is 0 Å². The second kappa shape index (κ2) is 9.30. The van der Waals surface area contributed by atoms with Gasteiger partial charge in [0.15, 0.2) is 17.3 Å². The van der Waals surface area contributed by atoms with Gasteiger partial charge in [0, 0.05) is 28.3 Å². The number of para-hydroxylation sites is 1. The van der Waals surface area contributed by atoms with Crippen LogP contribution in [0.25, 0.3) is 6.08 Å². The van der Waals surface area contributed by atoms with Gasteiger partial charge in [-0.3, -0.25) is 14.4 Å². The van der Waals surface area contributed by atoms with E-state index in [1.807, 2.05) is 65.6 Å². The Kier molecular flexibility index (Phi) is 5.68. The molecule has 1 spiro atoms. The average molecular weight is 542 g/mol. The Morgan fingerprint density at radius 1 is 0.756 bits per heavy atom. The molecule has 0 radical (unpaired) electrons. The highest BCUT2D eigenvalue weighted by Crippen LogP contribution is 2.61. The molecule has 0 N–H and O–H groups in total. The largest absolute Gasteiger partial charge is 0.497 e. The molecule has 4 aromatic rings. The van der Waals surface area contributed by atoms with Crippen LogP contribution < -0.4 is 14.4 Å². The third-order valence-electron chi connectivity index (χ3n) is 8.79. The van der Waals surface area contributed by atoms with Crippen LogP contribution in [0.4, 0.5) is 5.69 Å². The zero-order chi connectivity index (χ0) is 28.3. The van der Waals surface area contributed by atoms with Crippen molar-refractivity contribution in [1.82, 2.24) is 0 Å². The van der Waals surface area contributed by atoms with Crippen molar-refractivity contribution in [2.45, 2.75) is 18.0 Å². The molecule has 0 unspecified atom stereocenters. The van der Waals surface area contributed by atoms with Crippen LogP contribution in [0.3, 0.4) is 0 Å². The molecule has 4 aromatic carbocycles. The van der Waals surface area contributed by atoms with Gasteiger partial charge in [0.25, 0.3) is 0 Å². The Hall–Kier alpha value is -4.97. The predicted octanol–water partition coefficient (Wildman–Crippen LogP) is 6.02. The summed E-state index contributed by atoms with van der Waals surface area (Å²) in [6, 6.07) is 27.7. The summed E-state index contributed by atoms with van der Waals surface area (Å²) in [5.74, 6) is -0.375. The van der Waals surface area contributed by atoms with Gasteiger partial charge in [0.05, 0.1) is 20.3 Å². The fourth-order valence-electron chi connectivity index (χ4n) is 7.07. The number of hydrogen-bond acceptors (Lipinski definition) is 6. The van der Waals surface area contributed by atoms with E-state index in [2.05, 4.69) is 0 Å². The smallest absolute Gasteiger partial charge is 0.186 e. The fraction of sp³-hybridized carbons (Fsp3) is 0.171. The third kappa shape index (κ3) is 3.40. The summed E-state index contributed by atoms with van der Waals surface area (Å²) in [5, 5.41) is 0. The minimum atomic E-state index is -1.56. The van der Waals surface area contributed by atoms with Crippen molar-refractivity contribution in [3.05, 3.63) is 131 Å². The van der Waals surface area contributed by atoms with Gasteiger partial charge < -0.3 is 14.4 Å². The van der Waals surface area contributed by atoms with Crippen molar-refractivity contribution in [2.24, 2.45) is 5.41 Å². The molecule has 1 saturated heterocycles. The van der Waals surface area contributed by atoms with Crippen LogP contribution in [0.2, 0.25) is 0 Å². The zero-order valence-electron chi connectivity index (χ0n) is 22.6. The molecule has 0 saturated carbocycles. The molecule has 0 bridgehead atoms. The van der Waals surface area contributed by atoms with Crippen LogP contribution in [-0.2, 0) is 0 Å². The summed E-state index contributed by atoms with van der Waals surface area (Å²) < 4.78 is 11.0. The third-order valence-corrected chi connectivity index (χ3v) is 8.79. The molecule has 2 heterocycles. The zero-order valence-corrected chi connectivity index (χ0v) is 22.6. The molecule has 1 aliphatic carbocycles. The fourth-order valence-corrected chi connectivity index (χ4v) is 7.07. The molecule has 6 heteroatoms. The van der Waals surface area contributed by atoms with Gasteiger partial charge in [0.2, 0.25) is 0 Å². The maximum atomic E-state index is 14.8. The molecular weight excluding hydrogens is 514 g/mol. The Morgan fingerprint density at radius 2 is 1.39 bits per heavy atom. The number of benzene rings is 4. The number of ketones is 3. The van der Waals surface area contributed by atoms with Crippen LogP contribution >= 0.6 is 0 Å². The normalized spacial score (nSPS) is 21.4. The number of ether oxygens (including phenoxy) is 2. The first kappa shape index (κ1) is 25.0. The summed E-state index contributed by atoms with van der Waals surface area (Å²) in [4.78, 5) is 46.2. The molecule has 0 aromatic heterocycles. The van der Waals surface area contributed by atoms with Crippen LogP contribution in [0.1, 0.15) is 48.1 Å².